The van der Waals surface area contributed by atoms with Crippen LogP contribution < -0.4 is 5.43 Å². The normalized spacial score (nSPS) is 14.8. The number of carbonyl (C=O) groups excluding carboxylic acids is 2. The SMILES string of the molecule is O=C(NN1C(=O)C(=Cc2cn(Cc3c(F)cccc3Cl)c3ccccc23)SC1=S)c1ccccc1. The zero-order valence-electron chi connectivity index (χ0n) is 18.1. The second-order valence-corrected chi connectivity index (χ2v) is 9.84. The Labute approximate surface area is 215 Å². The molecule has 3 aromatic carbocycles. The minimum atomic E-state index is -0.429. The topological polar surface area (TPSA) is 54.3 Å². The number of aromatic nitrogens is 1. The molecule has 0 atom stereocenters. The van der Waals surface area contributed by atoms with Gasteiger partial charge in [0.05, 0.1) is 11.4 Å². The Morgan fingerprint density at radius 2 is 1.80 bits per heavy atom. The Morgan fingerprint density at radius 3 is 2.57 bits per heavy atom. The Morgan fingerprint density at radius 1 is 1.06 bits per heavy atom. The number of hydrogen-bond donors (Lipinski definition) is 1. The third-order valence-corrected chi connectivity index (χ3v) is 7.20. The van der Waals surface area contributed by atoms with Crippen molar-refractivity contribution in [2.45, 2.75) is 6.54 Å². The van der Waals surface area contributed by atoms with Crippen molar-refractivity contribution in [1.82, 2.24) is 15.0 Å². The predicted octanol–water partition coefficient (Wildman–Crippen LogP) is 6.03. The molecular weight excluding hydrogens is 505 g/mol. The molecule has 9 heteroatoms. The van der Waals surface area contributed by atoms with E-state index in [1.165, 1.54) is 6.07 Å². The molecule has 2 amide bonds. The molecular formula is C26H17ClFN3O2S2. The molecule has 0 unspecified atom stereocenters. The van der Waals surface area contributed by atoms with Crippen LogP contribution in [0, 0.1) is 5.82 Å². The van der Waals surface area contributed by atoms with Crippen LogP contribution in [-0.2, 0) is 11.3 Å². The first-order valence-corrected chi connectivity index (χ1v) is 12.2. The molecule has 1 aromatic heterocycles. The fraction of sp³-hybridized carbons (Fsp3) is 0.0385. The fourth-order valence-corrected chi connectivity index (χ4v) is 5.23. The van der Waals surface area contributed by atoms with E-state index in [4.69, 9.17) is 23.8 Å². The van der Waals surface area contributed by atoms with Gasteiger partial charge in [-0.1, -0.05) is 65.8 Å². The number of thiocarbonyl (C=S) groups is 1. The van der Waals surface area contributed by atoms with E-state index in [-0.39, 0.29) is 16.7 Å². The second-order valence-electron chi connectivity index (χ2n) is 7.75. The van der Waals surface area contributed by atoms with Gasteiger partial charge in [-0.25, -0.2) is 4.39 Å². The van der Waals surface area contributed by atoms with Crippen LogP contribution in [0.4, 0.5) is 4.39 Å². The van der Waals surface area contributed by atoms with Crippen molar-refractivity contribution in [2.24, 2.45) is 0 Å². The highest BCUT2D eigenvalue weighted by molar-refractivity contribution is 8.26. The number of amides is 2. The Bertz CT molecular complexity index is 1500. The molecule has 1 saturated heterocycles. The molecule has 35 heavy (non-hydrogen) atoms. The lowest BCUT2D eigenvalue weighted by Gasteiger charge is -2.15. The minimum Gasteiger partial charge on any atom is -0.342 e. The van der Waals surface area contributed by atoms with Crippen LogP contribution in [0.2, 0.25) is 5.02 Å². The summed E-state index contributed by atoms with van der Waals surface area (Å²) in [6, 6.07) is 20.8. The van der Waals surface area contributed by atoms with Crippen LogP contribution in [0.5, 0.6) is 0 Å². The van der Waals surface area contributed by atoms with E-state index < -0.39 is 11.8 Å². The highest BCUT2D eigenvalue weighted by Gasteiger charge is 2.34. The first kappa shape index (κ1) is 23.3. The van der Waals surface area contributed by atoms with Gasteiger partial charge in [-0.2, -0.15) is 5.01 Å². The maximum absolute atomic E-state index is 14.4. The number of nitrogens with one attached hydrogen (secondary N) is 1. The number of carbonyl (C=O) groups is 2. The zero-order chi connectivity index (χ0) is 24.5. The van der Waals surface area contributed by atoms with E-state index in [9.17, 15) is 14.0 Å². The average molecular weight is 522 g/mol. The largest absolute Gasteiger partial charge is 0.342 e. The van der Waals surface area contributed by atoms with Gasteiger partial charge >= 0.3 is 0 Å². The van der Waals surface area contributed by atoms with Gasteiger partial charge in [-0.3, -0.25) is 15.0 Å². The molecule has 5 nitrogen and oxygen atoms in total. The Balaban J connectivity index is 1.46. The molecule has 1 aliphatic rings. The molecule has 1 aliphatic heterocycles. The molecule has 5 rings (SSSR count). The number of fused-ring (bicyclic) bond motifs is 1. The smallest absolute Gasteiger partial charge is 0.285 e. The van der Waals surface area contributed by atoms with Crippen LogP contribution >= 0.6 is 35.6 Å². The molecule has 0 radical (unpaired) electrons. The van der Waals surface area contributed by atoms with Crippen molar-refractivity contribution >= 4 is 68.7 Å². The number of para-hydroxylation sites is 1. The summed E-state index contributed by atoms with van der Waals surface area (Å²) >= 11 is 12.7. The van der Waals surface area contributed by atoms with E-state index in [1.807, 2.05) is 35.0 Å². The lowest BCUT2D eigenvalue weighted by atomic mass is 10.1. The fourth-order valence-electron chi connectivity index (χ4n) is 3.84. The van der Waals surface area contributed by atoms with Crippen LogP contribution in [0.3, 0.4) is 0 Å². The number of benzene rings is 3. The van der Waals surface area contributed by atoms with Gasteiger partial charge in [-0.15, -0.1) is 0 Å². The third kappa shape index (κ3) is 4.60. The van der Waals surface area contributed by atoms with Crippen molar-refractivity contribution in [3.8, 4) is 0 Å². The van der Waals surface area contributed by atoms with Crippen molar-refractivity contribution in [3.05, 3.63) is 111 Å². The first-order valence-electron chi connectivity index (χ1n) is 10.6. The number of rotatable bonds is 5. The maximum atomic E-state index is 14.4. The lowest BCUT2D eigenvalue weighted by molar-refractivity contribution is -0.123. The van der Waals surface area contributed by atoms with Crippen molar-refractivity contribution < 1.29 is 14.0 Å². The van der Waals surface area contributed by atoms with E-state index in [2.05, 4.69) is 5.43 Å². The van der Waals surface area contributed by atoms with Crippen molar-refractivity contribution in [3.63, 3.8) is 0 Å². The number of thioether (sulfide) groups is 1. The summed E-state index contributed by atoms with van der Waals surface area (Å²) in [5.74, 6) is -1.23. The monoisotopic (exact) mass is 521 g/mol. The summed E-state index contributed by atoms with van der Waals surface area (Å²) in [6.45, 7) is 0.230. The highest BCUT2D eigenvalue weighted by Crippen LogP contribution is 2.34. The standard InChI is InChI=1S/C26H17ClFN3O2S2/c27-20-10-6-11-21(28)19(20)15-30-14-17(18-9-4-5-12-22(18)30)13-23-25(33)31(26(34)35-23)29-24(32)16-7-2-1-3-8-16/h1-14H,15H2,(H,29,32). The van der Waals surface area contributed by atoms with Crippen LogP contribution in [0.25, 0.3) is 17.0 Å². The average Bonchev–Trinajstić information content (AvgIpc) is 3.34. The number of halogens is 2. The van der Waals surface area contributed by atoms with E-state index in [1.54, 1.807) is 48.5 Å². The van der Waals surface area contributed by atoms with E-state index in [0.717, 1.165) is 33.2 Å². The summed E-state index contributed by atoms with van der Waals surface area (Å²) in [4.78, 5) is 26.0. The maximum Gasteiger partial charge on any atom is 0.285 e. The molecule has 0 saturated carbocycles. The molecule has 1 N–H and O–H groups in total. The van der Waals surface area contributed by atoms with E-state index in [0.29, 0.717) is 21.1 Å². The quantitative estimate of drug-likeness (QED) is 0.257. The van der Waals surface area contributed by atoms with Crippen molar-refractivity contribution in [1.29, 1.82) is 0 Å². The van der Waals surface area contributed by atoms with Gasteiger partial charge in [0.2, 0.25) is 0 Å². The first-order chi connectivity index (χ1) is 16.9. The Hall–Kier alpha value is -3.46. The Kier molecular flexibility index (Phi) is 6.42. The van der Waals surface area contributed by atoms with Crippen LogP contribution in [0.15, 0.2) is 83.9 Å². The summed E-state index contributed by atoms with van der Waals surface area (Å²) < 4.78 is 16.5. The minimum absolute atomic E-state index is 0.229. The van der Waals surface area contributed by atoms with Gasteiger partial charge in [0.15, 0.2) is 4.32 Å². The molecule has 2 heterocycles. The molecule has 0 spiro atoms. The molecule has 174 valence electrons. The van der Waals surface area contributed by atoms with Gasteiger partial charge in [0, 0.05) is 38.8 Å². The second kappa shape index (κ2) is 9.65. The highest BCUT2D eigenvalue weighted by atomic mass is 35.5. The summed E-state index contributed by atoms with van der Waals surface area (Å²) in [5, 5.41) is 2.32. The summed E-state index contributed by atoms with van der Waals surface area (Å²) in [7, 11) is 0. The molecule has 0 bridgehead atoms. The van der Waals surface area contributed by atoms with Gasteiger partial charge in [0.25, 0.3) is 11.8 Å². The molecule has 1 fully saturated rings. The van der Waals surface area contributed by atoms with Gasteiger partial charge in [-0.05, 0) is 48.6 Å². The number of nitrogens with zero attached hydrogens (tertiary/aromatic N) is 2. The molecule has 0 aliphatic carbocycles. The van der Waals surface area contributed by atoms with Gasteiger partial charge < -0.3 is 4.57 Å². The van der Waals surface area contributed by atoms with Crippen molar-refractivity contribution in [2.75, 3.05) is 0 Å². The van der Waals surface area contributed by atoms with Gasteiger partial charge in [0.1, 0.15) is 5.82 Å². The molecule has 4 aromatic rings. The lowest BCUT2D eigenvalue weighted by Crippen LogP contribution is -2.44. The predicted molar refractivity (Wildman–Crippen MR) is 141 cm³/mol. The number of hydrogen-bond acceptors (Lipinski definition) is 4. The third-order valence-electron chi connectivity index (χ3n) is 5.54. The zero-order valence-corrected chi connectivity index (χ0v) is 20.5. The van der Waals surface area contributed by atoms with E-state index >= 15 is 0 Å². The number of hydrazine groups is 1. The summed E-state index contributed by atoms with van der Waals surface area (Å²) in [6.07, 6.45) is 3.58. The van der Waals surface area contributed by atoms with Crippen LogP contribution in [-0.4, -0.2) is 25.7 Å². The summed E-state index contributed by atoms with van der Waals surface area (Å²) in [5.41, 5.74) is 5.01. The van der Waals surface area contributed by atoms with Crippen LogP contribution in [0.1, 0.15) is 21.5 Å².